The van der Waals surface area contributed by atoms with E-state index in [0.717, 1.165) is 10.0 Å². The molecule has 2 atom stereocenters. The first-order valence-corrected chi connectivity index (χ1v) is 13.9. The van der Waals surface area contributed by atoms with Gasteiger partial charge in [0.25, 0.3) is 0 Å². The smallest absolute Gasteiger partial charge is 0.246 e. The third-order valence-corrected chi connectivity index (χ3v) is 9.51. The number of benzene rings is 2. The Kier molecular flexibility index (Phi) is 7.21. The summed E-state index contributed by atoms with van der Waals surface area (Å²) in [5.74, 6) is -0.572. The minimum absolute atomic E-state index is 0.0791. The molecule has 1 N–H and O–H groups in total. The fourth-order valence-corrected chi connectivity index (χ4v) is 7.40. The Morgan fingerprint density at radius 2 is 1.89 bits per heavy atom. The number of hydrogen-bond acceptors (Lipinski definition) is 6. The maximum absolute atomic E-state index is 14.4. The monoisotopic (exact) mass is 583 g/mol. The highest BCUT2D eigenvalue weighted by molar-refractivity contribution is 9.10. The van der Waals surface area contributed by atoms with Crippen molar-refractivity contribution in [3.8, 4) is 5.75 Å². The molecule has 11 heteroatoms. The fraction of sp³-hybridized carbons (Fsp3) is 0.417. The van der Waals surface area contributed by atoms with Crippen LogP contribution in [-0.2, 0) is 25.8 Å². The number of rotatable bonds is 6. The minimum atomic E-state index is -4.32. The van der Waals surface area contributed by atoms with Crippen LogP contribution in [-0.4, -0.2) is 67.3 Å². The van der Waals surface area contributed by atoms with Crippen molar-refractivity contribution in [2.45, 2.75) is 48.7 Å². The highest BCUT2D eigenvalue weighted by Crippen LogP contribution is 2.41. The highest BCUT2D eigenvalue weighted by Gasteiger charge is 2.62. The highest BCUT2D eigenvalue weighted by atomic mass is 79.9. The molecule has 2 aliphatic rings. The van der Waals surface area contributed by atoms with Gasteiger partial charge in [0.2, 0.25) is 26.6 Å². The van der Waals surface area contributed by atoms with E-state index in [1.165, 1.54) is 35.1 Å². The van der Waals surface area contributed by atoms with Gasteiger partial charge in [-0.1, -0.05) is 39.7 Å². The van der Waals surface area contributed by atoms with Crippen LogP contribution in [0.15, 0.2) is 51.8 Å². The second-order valence-electron chi connectivity index (χ2n) is 8.93. The SMILES string of the molecule is COc1ccc(Cl)cc1S(=O)(=O)C12CN(C(C)C)C(=O)C(Cc3ccc(Br)cc3)N1C(=O)CCN2. The Morgan fingerprint density at radius 3 is 2.51 bits per heavy atom. The van der Waals surface area contributed by atoms with Crippen molar-refractivity contribution >= 4 is 49.2 Å². The molecule has 2 aliphatic heterocycles. The van der Waals surface area contributed by atoms with E-state index in [-0.39, 0.29) is 53.5 Å². The van der Waals surface area contributed by atoms with Crippen LogP contribution >= 0.6 is 27.5 Å². The van der Waals surface area contributed by atoms with Crippen molar-refractivity contribution in [3.05, 3.63) is 57.5 Å². The van der Waals surface area contributed by atoms with Crippen molar-refractivity contribution in [1.29, 1.82) is 0 Å². The Bertz CT molecular complexity index is 1250. The van der Waals surface area contributed by atoms with Crippen molar-refractivity contribution in [3.63, 3.8) is 0 Å². The molecule has 0 aromatic heterocycles. The zero-order valence-corrected chi connectivity index (χ0v) is 22.8. The van der Waals surface area contributed by atoms with E-state index in [4.69, 9.17) is 16.3 Å². The number of nitrogens with one attached hydrogen (secondary N) is 1. The quantitative estimate of drug-likeness (QED) is 0.560. The number of fused-ring (bicyclic) bond motifs is 1. The summed E-state index contributed by atoms with van der Waals surface area (Å²) in [4.78, 5) is 27.8. The first-order valence-electron chi connectivity index (χ1n) is 11.2. The summed E-state index contributed by atoms with van der Waals surface area (Å²) < 4.78 is 35.0. The summed E-state index contributed by atoms with van der Waals surface area (Å²) in [6, 6.07) is 10.4. The lowest BCUT2D eigenvalue weighted by molar-refractivity contribution is -0.165. The van der Waals surface area contributed by atoms with Crippen molar-refractivity contribution in [1.82, 2.24) is 15.1 Å². The van der Waals surface area contributed by atoms with Gasteiger partial charge in [0, 0.05) is 34.9 Å². The Balaban J connectivity index is 1.92. The van der Waals surface area contributed by atoms with Gasteiger partial charge in [-0.2, -0.15) is 0 Å². The number of ether oxygens (including phenoxy) is 1. The molecular formula is C24H27BrClN3O5S. The number of carbonyl (C=O) groups excluding carboxylic acids is 2. The van der Waals surface area contributed by atoms with Crippen molar-refractivity contribution < 1.29 is 22.7 Å². The first kappa shape index (κ1) is 25.9. The predicted octanol–water partition coefficient (Wildman–Crippen LogP) is 3.22. The molecule has 2 saturated heterocycles. The summed E-state index contributed by atoms with van der Waals surface area (Å²) in [6.45, 7) is 3.59. The van der Waals surface area contributed by atoms with E-state index in [0.29, 0.717) is 0 Å². The maximum Gasteiger partial charge on any atom is 0.246 e. The second-order valence-corrected chi connectivity index (χ2v) is 12.4. The first-order chi connectivity index (χ1) is 16.5. The molecule has 4 rings (SSSR count). The van der Waals surface area contributed by atoms with Gasteiger partial charge in [-0.25, -0.2) is 8.42 Å². The van der Waals surface area contributed by atoms with E-state index in [1.54, 1.807) is 0 Å². The van der Waals surface area contributed by atoms with Crippen molar-refractivity contribution in [2.75, 3.05) is 20.2 Å². The fourth-order valence-electron chi connectivity index (χ4n) is 4.75. The molecule has 0 radical (unpaired) electrons. The van der Waals surface area contributed by atoms with Gasteiger partial charge in [-0.05, 0) is 49.7 Å². The number of piperazine rings is 1. The third kappa shape index (κ3) is 4.45. The van der Waals surface area contributed by atoms with E-state index >= 15 is 0 Å². The van der Waals surface area contributed by atoms with E-state index in [9.17, 15) is 18.0 Å². The van der Waals surface area contributed by atoms with Gasteiger partial charge < -0.3 is 9.64 Å². The summed E-state index contributed by atoms with van der Waals surface area (Å²) in [5.41, 5.74) is 0.808. The van der Waals surface area contributed by atoms with Crippen LogP contribution in [0.1, 0.15) is 25.8 Å². The third-order valence-electron chi connectivity index (χ3n) is 6.49. The zero-order chi connectivity index (χ0) is 25.5. The molecule has 0 bridgehead atoms. The predicted molar refractivity (Wildman–Crippen MR) is 136 cm³/mol. The van der Waals surface area contributed by atoms with Gasteiger partial charge in [-0.15, -0.1) is 0 Å². The van der Waals surface area contributed by atoms with Crippen LogP contribution in [0.5, 0.6) is 5.75 Å². The second kappa shape index (κ2) is 9.72. The molecule has 0 saturated carbocycles. The van der Waals surface area contributed by atoms with Crippen LogP contribution in [0.25, 0.3) is 0 Å². The number of halogens is 2. The van der Waals surface area contributed by atoms with Crippen LogP contribution < -0.4 is 10.1 Å². The largest absolute Gasteiger partial charge is 0.495 e. The van der Waals surface area contributed by atoms with E-state index < -0.39 is 26.8 Å². The van der Waals surface area contributed by atoms with Crippen LogP contribution in [0.3, 0.4) is 0 Å². The number of carbonyl (C=O) groups is 2. The number of nitrogens with zero attached hydrogens (tertiary/aromatic N) is 2. The van der Waals surface area contributed by atoms with Gasteiger partial charge in [-0.3, -0.25) is 19.8 Å². The molecular weight excluding hydrogens is 558 g/mol. The van der Waals surface area contributed by atoms with Gasteiger partial charge in [0.15, 0.2) is 0 Å². The molecule has 2 unspecified atom stereocenters. The Morgan fingerprint density at radius 1 is 1.20 bits per heavy atom. The zero-order valence-electron chi connectivity index (χ0n) is 19.6. The molecule has 35 heavy (non-hydrogen) atoms. The molecule has 2 heterocycles. The standard InChI is InChI=1S/C24H27BrClN3O5S/c1-15(2)28-14-24(35(32,33)21-13-18(26)8-9-20(21)34-3)27-11-10-22(30)29(24)19(23(28)31)12-16-4-6-17(25)7-5-16/h4-9,13,15,19,27H,10-12,14H2,1-3H3. The Hall–Kier alpha value is -2.14. The topological polar surface area (TPSA) is 96.0 Å². The summed E-state index contributed by atoms with van der Waals surface area (Å²) in [6.07, 6.45) is 0.252. The average Bonchev–Trinajstić information content (AvgIpc) is 2.81. The normalized spacial score (nSPS) is 23.0. The van der Waals surface area contributed by atoms with E-state index in [1.807, 2.05) is 38.1 Å². The molecule has 0 spiro atoms. The van der Waals surface area contributed by atoms with Crippen LogP contribution in [0.2, 0.25) is 5.02 Å². The summed E-state index contributed by atoms with van der Waals surface area (Å²) >= 11 is 9.59. The molecule has 188 valence electrons. The lowest BCUT2D eigenvalue weighted by Gasteiger charge is -2.56. The molecule has 0 aliphatic carbocycles. The minimum Gasteiger partial charge on any atom is -0.495 e. The van der Waals surface area contributed by atoms with E-state index in [2.05, 4.69) is 21.2 Å². The van der Waals surface area contributed by atoms with Gasteiger partial charge in [0.05, 0.1) is 13.7 Å². The molecule has 2 aromatic rings. The van der Waals surface area contributed by atoms with Crippen molar-refractivity contribution in [2.24, 2.45) is 0 Å². The van der Waals surface area contributed by atoms with Crippen LogP contribution in [0, 0.1) is 0 Å². The lowest BCUT2D eigenvalue weighted by Crippen LogP contribution is -2.80. The number of amides is 2. The number of methoxy groups -OCH3 is 1. The number of hydrogen-bond donors (Lipinski definition) is 1. The summed E-state index contributed by atoms with van der Waals surface area (Å²) in [7, 11) is -2.95. The molecule has 2 fully saturated rings. The Labute approximate surface area is 218 Å². The average molecular weight is 585 g/mol. The molecule has 8 nitrogen and oxygen atoms in total. The molecule has 2 amide bonds. The maximum atomic E-state index is 14.4. The lowest BCUT2D eigenvalue weighted by atomic mass is 9.97. The number of sulfone groups is 1. The summed E-state index contributed by atoms with van der Waals surface area (Å²) in [5, 5.41) is 3.34. The van der Waals surface area contributed by atoms with Gasteiger partial charge in [0.1, 0.15) is 16.7 Å². The van der Waals surface area contributed by atoms with Crippen LogP contribution in [0.4, 0.5) is 0 Å². The van der Waals surface area contributed by atoms with Gasteiger partial charge >= 0.3 is 0 Å². The molecule has 2 aromatic carbocycles.